The average Bonchev–Trinajstić information content (AvgIpc) is 3.11. The molecule has 0 bridgehead atoms. The lowest BCUT2D eigenvalue weighted by Crippen LogP contribution is -2.03. The Morgan fingerprint density at radius 2 is 1.96 bits per heavy atom. The van der Waals surface area contributed by atoms with E-state index < -0.39 is 0 Å². The molecule has 0 spiro atoms. The van der Waals surface area contributed by atoms with Gasteiger partial charge in [0.15, 0.2) is 6.33 Å². The van der Waals surface area contributed by atoms with Crippen molar-refractivity contribution in [3.8, 4) is 11.6 Å². The van der Waals surface area contributed by atoms with Gasteiger partial charge in [0.05, 0.1) is 26.1 Å². The molecule has 0 aromatic carbocycles. The summed E-state index contributed by atoms with van der Waals surface area (Å²) in [6, 6.07) is 5.85. The number of hydrogen-bond donors (Lipinski definition) is 1. The van der Waals surface area contributed by atoms with Gasteiger partial charge in [-0.1, -0.05) is 6.07 Å². The lowest BCUT2D eigenvalue weighted by atomic mass is 10.0. The summed E-state index contributed by atoms with van der Waals surface area (Å²) in [5, 5.41) is 1.02. The number of rotatable bonds is 6. The molecule has 4 aromatic heterocycles. The van der Waals surface area contributed by atoms with E-state index in [1.54, 1.807) is 32.8 Å². The Kier molecular flexibility index (Phi) is 4.65. The number of H-pyrrole nitrogens is 1. The Bertz CT molecular complexity index is 1080. The first kappa shape index (κ1) is 17.0. The van der Waals surface area contributed by atoms with Crippen LogP contribution in [0, 0.1) is 6.33 Å². The summed E-state index contributed by atoms with van der Waals surface area (Å²) in [7, 11) is 3.25. The van der Waals surface area contributed by atoms with Gasteiger partial charge in [-0.25, -0.2) is 19.9 Å². The Morgan fingerprint density at radius 1 is 1.04 bits per heavy atom. The third kappa shape index (κ3) is 3.44. The van der Waals surface area contributed by atoms with Gasteiger partial charge in [0.25, 0.3) is 0 Å². The van der Waals surface area contributed by atoms with Gasteiger partial charge in [0.2, 0.25) is 5.88 Å². The molecule has 0 saturated heterocycles. The van der Waals surface area contributed by atoms with Gasteiger partial charge in [0, 0.05) is 42.4 Å². The predicted octanol–water partition coefficient (Wildman–Crippen LogP) is 2.75. The van der Waals surface area contributed by atoms with Crippen molar-refractivity contribution in [2.75, 3.05) is 14.2 Å². The van der Waals surface area contributed by atoms with Gasteiger partial charge in [-0.05, 0) is 23.3 Å². The van der Waals surface area contributed by atoms with E-state index in [-0.39, 0.29) is 0 Å². The van der Waals surface area contributed by atoms with Crippen LogP contribution < -0.4 is 9.47 Å². The molecule has 0 aliphatic heterocycles. The lowest BCUT2D eigenvalue weighted by Gasteiger charge is -2.10. The fraction of sp³-hybridized carbons (Fsp3) is 0.200. The fourth-order valence-electron chi connectivity index (χ4n) is 3.07. The molecule has 0 amide bonds. The van der Waals surface area contributed by atoms with Crippen molar-refractivity contribution < 1.29 is 9.47 Å². The van der Waals surface area contributed by atoms with Crippen molar-refractivity contribution in [3.63, 3.8) is 0 Å². The molecule has 0 aliphatic rings. The summed E-state index contributed by atoms with van der Waals surface area (Å²) >= 11 is 0. The van der Waals surface area contributed by atoms with Gasteiger partial charge < -0.3 is 14.5 Å². The highest BCUT2D eigenvalue weighted by Crippen LogP contribution is 2.25. The van der Waals surface area contributed by atoms with Crippen LogP contribution in [0.4, 0.5) is 0 Å². The molecule has 4 heterocycles. The zero-order valence-corrected chi connectivity index (χ0v) is 15.1. The first-order chi connectivity index (χ1) is 13.3. The third-order valence-electron chi connectivity index (χ3n) is 4.44. The topological polar surface area (TPSA) is 85.8 Å². The lowest BCUT2D eigenvalue weighted by molar-refractivity contribution is 0.393. The van der Waals surface area contributed by atoms with Crippen molar-refractivity contribution in [2.45, 2.75) is 12.8 Å². The van der Waals surface area contributed by atoms with E-state index in [0.717, 1.165) is 39.2 Å². The summed E-state index contributed by atoms with van der Waals surface area (Å²) in [5.74, 6) is 1.32. The number of fused-ring (bicyclic) bond motifs is 1. The number of pyridine rings is 2. The maximum atomic E-state index is 5.35. The zero-order valence-electron chi connectivity index (χ0n) is 15.1. The molecule has 0 fully saturated rings. The second-order valence-electron chi connectivity index (χ2n) is 6.05. The van der Waals surface area contributed by atoms with Crippen LogP contribution in [0.1, 0.15) is 22.4 Å². The number of aromatic nitrogens is 5. The third-order valence-corrected chi connectivity index (χ3v) is 4.44. The van der Waals surface area contributed by atoms with Crippen LogP contribution in [0.25, 0.3) is 11.0 Å². The Balaban J connectivity index is 1.68. The number of nitrogens with one attached hydrogen (secondary N) is 1. The fourth-order valence-corrected chi connectivity index (χ4v) is 3.07. The van der Waals surface area contributed by atoms with Gasteiger partial charge in [-0.15, -0.1) is 0 Å². The molecular formula is C20H18N5O2. The van der Waals surface area contributed by atoms with Gasteiger partial charge in [0.1, 0.15) is 11.4 Å². The number of ether oxygens (including phenoxy) is 2. The van der Waals surface area contributed by atoms with Crippen molar-refractivity contribution in [3.05, 3.63) is 71.7 Å². The molecule has 0 aliphatic carbocycles. The van der Waals surface area contributed by atoms with Crippen LogP contribution in [-0.2, 0) is 12.8 Å². The normalized spacial score (nSPS) is 10.9. The van der Waals surface area contributed by atoms with Crippen molar-refractivity contribution in [1.29, 1.82) is 0 Å². The number of aromatic amines is 1. The molecule has 0 atom stereocenters. The largest absolute Gasteiger partial charge is 0.495 e. The van der Waals surface area contributed by atoms with Crippen LogP contribution in [-0.4, -0.2) is 39.1 Å². The van der Waals surface area contributed by atoms with E-state index in [1.165, 1.54) is 0 Å². The number of hydrogen-bond acceptors (Lipinski definition) is 6. The maximum Gasteiger partial charge on any atom is 0.216 e. The first-order valence-electron chi connectivity index (χ1n) is 8.47. The first-order valence-corrected chi connectivity index (χ1v) is 8.47. The monoisotopic (exact) mass is 360 g/mol. The van der Waals surface area contributed by atoms with E-state index in [9.17, 15) is 0 Å². The van der Waals surface area contributed by atoms with E-state index in [1.807, 2.05) is 24.4 Å². The highest BCUT2D eigenvalue weighted by molar-refractivity contribution is 5.81. The van der Waals surface area contributed by atoms with E-state index in [2.05, 4.69) is 31.2 Å². The highest BCUT2D eigenvalue weighted by Gasteiger charge is 2.13. The summed E-state index contributed by atoms with van der Waals surface area (Å²) in [4.78, 5) is 20.3. The van der Waals surface area contributed by atoms with Crippen LogP contribution in [0.15, 0.2) is 43.0 Å². The summed E-state index contributed by atoms with van der Waals surface area (Å²) in [5.41, 5.74) is 4.80. The SMILES string of the molecule is COc1cnc2[nH]cc(Cc3cn[c]nc3Cc3cccnc3OC)c2c1. The van der Waals surface area contributed by atoms with Crippen LogP contribution in [0.2, 0.25) is 0 Å². The van der Waals surface area contributed by atoms with Crippen molar-refractivity contribution >= 4 is 11.0 Å². The Morgan fingerprint density at radius 3 is 2.81 bits per heavy atom. The summed E-state index contributed by atoms with van der Waals surface area (Å²) in [6.07, 6.45) is 11.1. The van der Waals surface area contributed by atoms with Gasteiger partial charge >= 0.3 is 0 Å². The second kappa shape index (κ2) is 7.41. The van der Waals surface area contributed by atoms with E-state index in [4.69, 9.17) is 9.47 Å². The minimum atomic E-state index is 0.593. The molecule has 7 nitrogen and oxygen atoms in total. The Labute approximate surface area is 156 Å². The molecule has 4 rings (SSSR count). The molecule has 1 N–H and O–H groups in total. The van der Waals surface area contributed by atoms with Gasteiger partial charge in [-0.3, -0.25) is 0 Å². The molecule has 7 heteroatoms. The summed E-state index contributed by atoms with van der Waals surface area (Å²) < 4.78 is 10.7. The number of nitrogens with zero attached hydrogens (tertiary/aromatic N) is 4. The standard InChI is InChI=1S/C20H18N5O2/c1-26-16-8-17-14(10-23-19(17)24-11-16)6-15-9-21-12-25-18(15)7-13-4-3-5-22-20(13)27-2/h3-5,8-11H,6-7H2,1-2H3,(H,23,24). The quantitative estimate of drug-likeness (QED) is 0.569. The smallest absolute Gasteiger partial charge is 0.216 e. The Hall–Kier alpha value is -3.48. The molecule has 135 valence electrons. The van der Waals surface area contributed by atoms with Crippen LogP contribution in [0.3, 0.4) is 0 Å². The molecule has 0 saturated carbocycles. The van der Waals surface area contributed by atoms with Crippen molar-refractivity contribution in [1.82, 2.24) is 24.9 Å². The van der Waals surface area contributed by atoms with E-state index >= 15 is 0 Å². The second-order valence-corrected chi connectivity index (χ2v) is 6.05. The molecule has 27 heavy (non-hydrogen) atoms. The molecule has 4 aromatic rings. The molecular weight excluding hydrogens is 342 g/mol. The van der Waals surface area contributed by atoms with E-state index in [0.29, 0.717) is 18.7 Å². The van der Waals surface area contributed by atoms with Crippen LogP contribution >= 0.6 is 0 Å². The van der Waals surface area contributed by atoms with Crippen LogP contribution in [0.5, 0.6) is 11.6 Å². The molecule has 1 radical (unpaired) electrons. The molecule has 0 unspecified atom stereocenters. The predicted molar refractivity (Wildman–Crippen MR) is 99.9 cm³/mol. The maximum absolute atomic E-state index is 5.35. The average molecular weight is 360 g/mol. The zero-order chi connectivity index (χ0) is 18.6. The minimum absolute atomic E-state index is 0.593. The highest BCUT2D eigenvalue weighted by atomic mass is 16.5. The van der Waals surface area contributed by atoms with Crippen molar-refractivity contribution in [2.24, 2.45) is 0 Å². The van der Waals surface area contributed by atoms with Gasteiger partial charge in [-0.2, -0.15) is 0 Å². The summed E-state index contributed by atoms with van der Waals surface area (Å²) in [6.45, 7) is 0. The minimum Gasteiger partial charge on any atom is -0.495 e. The number of methoxy groups -OCH3 is 2.